The van der Waals surface area contributed by atoms with Crippen LogP contribution in [0.2, 0.25) is 15.2 Å². The van der Waals surface area contributed by atoms with E-state index >= 15 is 0 Å². The fraction of sp³-hybridized carbons (Fsp3) is 0.143. The van der Waals surface area contributed by atoms with Crippen LogP contribution in [0.5, 0.6) is 0 Å². The quantitative estimate of drug-likeness (QED) is 0.329. The predicted octanol–water partition coefficient (Wildman–Crippen LogP) is 4.92. The van der Waals surface area contributed by atoms with Crippen LogP contribution in [0.3, 0.4) is 0 Å². The van der Waals surface area contributed by atoms with Crippen LogP contribution in [0.15, 0.2) is 47.7 Å². The van der Waals surface area contributed by atoms with E-state index in [1.165, 1.54) is 6.21 Å². The number of carbonyl (C=O) groups is 1. The molecular weight excluding hydrogens is 459 g/mol. The number of pyridine rings is 1. The summed E-state index contributed by atoms with van der Waals surface area (Å²) in [5.41, 5.74) is 6.19. The van der Waals surface area contributed by atoms with Gasteiger partial charge < -0.3 is 0 Å². The van der Waals surface area contributed by atoms with Crippen LogP contribution < -0.4 is 5.43 Å². The lowest BCUT2D eigenvalue weighted by Crippen LogP contribution is -2.20. The first-order chi connectivity index (χ1) is 14.9. The molecule has 0 spiro atoms. The number of aromatic nitrogens is 4. The second-order valence-electron chi connectivity index (χ2n) is 6.82. The van der Waals surface area contributed by atoms with Crippen molar-refractivity contribution in [3.05, 3.63) is 86.0 Å². The molecule has 0 saturated heterocycles. The van der Waals surface area contributed by atoms with Crippen molar-refractivity contribution in [2.75, 3.05) is 0 Å². The van der Waals surface area contributed by atoms with Gasteiger partial charge in [-0.25, -0.2) is 15.1 Å². The normalized spacial score (nSPS) is 11.5. The number of benzene rings is 1. The Kier molecular flexibility index (Phi) is 6.00. The zero-order valence-electron chi connectivity index (χ0n) is 16.6. The number of hydrogen-bond donors (Lipinski definition) is 1. The summed E-state index contributed by atoms with van der Waals surface area (Å²) in [5.74, 6) is -0.378. The fourth-order valence-electron chi connectivity index (χ4n) is 3.25. The molecule has 10 heteroatoms. The topological polar surface area (TPSA) is 76.6 Å². The zero-order chi connectivity index (χ0) is 22.1. The van der Waals surface area contributed by atoms with Gasteiger partial charge in [0.2, 0.25) is 0 Å². The first-order valence-corrected chi connectivity index (χ1v) is 10.4. The van der Waals surface area contributed by atoms with Crippen molar-refractivity contribution in [3.63, 3.8) is 0 Å². The molecule has 3 heterocycles. The second kappa shape index (κ2) is 8.70. The molecule has 1 amide bonds. The molecule has 0 fully saturated rings. The zero-order valence-corrected chi connectivity index (χ0v) is 18.9. The van der Waals surface area contributed by atoms with Gasteiger partial charge in [-0.2, -0.15) is 10.2 Å². The summed E-state index contributed by atoms with van der Waals surface area (Å²) in [6, 6.07) is 10.8. The Hall–Kier alpha value is -2.87. The van der Waals surface area contributed by atoms with Gasteiger partial charge in [-0.05, 0) is 38.1 Å². The molecule has 0 atom stereocenters. The third-order valence-corrected chi connectivity index (χ3v) is 5.86. The molecule has 0 aliphatic heterocycles. The third kappa shape index (κ3) is 4.17. The number of amides is 1. The van der Waals surface area contributed by atoms with Crippen molar-refractivity contribution in [1.29, 1.82) is 0 Å². The average molecular weight is 476 g/mol. The van der Waals surface area contributed by atoms with E-state index < -0.39 is 0 Å². The van der Waals surface area contributed by atoms with Gasteiger partial charge in [-0.15, -0.1) is 0 Å². The van der Waals surface area contributed by atoms with E-state index in [0.29, 0.717) is 50.0 Å². The minimum Gasteiger partial charge on any atom is -0.295 e. The van der Waals surface area contributed by atoms with E-state index in [-0.39, 0.29) is 5.91 Å². The Balaban J connectivity index is 1.54. The number of hydrazone groups is 1. The van der Waals surface area contributed by atoms with E-state index in [9.17, 15) is 4.79 Å². The third-order valence-electron chi connectivity index (χ3n) is 4.76. The monoisotopic (exact) mass is 474 g/mol. The van der Waals surface area contributed by atoms with Crippen molar-refractivity contribution >= 4 is 52.6 Å². The Morgan fingerprint density at radius 3 is 2.58 bits per heavy atom. The number of halogens is 3. The fourth-order valence-corrected chi connectivity index (χ4v) is 4.05. The highest BCUT2D eigenvalue weighted by Crippen LogP contribution is 2.27. The summed E-state index contributed by atoms with van der Waals surface area (Å²) in [6.07, 6.45) is 3.24. The predicted molar refractivity (Wildman–Crippen MR) is 123 cm³/mol. The van der Waals surface area contributed by atoms with Gasteiger partial charge in [-0.3, -0.25) is 9.20 Å². The summed E-state index contributed by atoms with van der Waals surface area (Å²) in [7, 11) is 0. The number of imidazole rings is 1. The summed E-state index contributed by atoms with van der Waals surface area (Å²) in [5, 5.41) is 9.93. The molecule has 0 radical (unpaired) electrons. The molecule has 1 N–H and O–H groups in total. The van der Waals surface area contributed by atoms with E-state index in [0.717, 1.165) is 5.56 Å². The van der Waals surface area contributed by atoms with Crippen LogP contribution in [0.25, 0.3) is 5.65 Å². The average Bonchev–Trinajstić information content (AvgIpc) is 3.20. The van der Waals surface area contributed by atoms with Crippen LogP contribution in [0, 0.1) is 13.8 Å². The molecule has 158 valence electrons. The molecule has 0 saturated carbocycles. The number of nitrogens with one attached hydrogen (secondary N) is 1. The Labute approximate surface area is 193 Å². The molecule has 0 bridgehead atoms. The second-order valence-corrected chi connectivity index (χ2v) is 7.99. The Bertz CT molecular complexity index is 1300. The maximum atomic E-state index is 12.7. The lowest BCUT2D eigenvalue weighted by molar-refractivity contribution is 0.0948. The highest BCUT2D eigenvalue weighted by Gasteiger charge is 2.17. The molecule has 31 heavy (non-hydrogen) atoms. The van der Waals surface area contributed by atoms with Gasteiger partial charge >= 0.3 is 0 Å². The lowest BCUT2D eigenvalue weighted by atomic mass is 10.2. The maximum absolute atomic E-state index is 12.7. The number of fused-ring (bicyclic) bond motifs is 1. The van der Waals surface area contributed by atoms with Crippen LogP contribution in [-0.2, 0) is 6.54 Å². The van der Waals surface area contributed by atoms with Gasteiger partial charge in [0, 0.05) is 21.8 Å². The largest absolute Gasteiger partial charge is 0.295 e. The summed E-state index contributed by atoms with van der Waals surface area (Å²) < 4.78 is 3.30. The molecule has 0 aliphatic carbocycles. The van der Waals surface area contributed by atoms with Gasteiger partial charge in [0.15, 0.2) is 0 Å². The van der Waals surface area contributed by atoms with Gasteiger partial charge in [0.25, 0.3) is 5.91 Å². The molecule has 4 rings (SSSR count). The minimum absolute atomic E-state index is 0.305. The van der Waals surface area contributed by atoms with Crippen LogP contribution in [-0.4, -0.2) is 31.3 Å². The molecular formula is C21H17Cl3N6O. The Morgan fingerprint density at radius 1 is 1.10 bits per heavy atom. The van der Waals surface area contributed by atoms with E-state index in [1.54, 1.807) is 47.3 Å². The number of aryl methyl sites for hydroxylation is 2. The first kappa shape index (κ1) is 21.4. The van der Waals surface area contributed by atoms with Crippen LogP contribution >= 0.6 is 34.8 Å². The van der Waals surface area contributed by atoms with Crippen molar-refractivity contribution < 1.29 is 4.79 Å². The number of hydrogen-bond acceptors (Lipinski definition) is 4. The molecule has 4 aromatic rings. The van der Waals surface area contributed by atoms with E-state index in [1.807, 2.05) is 18.2 Å². The minimum atomic E-state index is -0.378. The molecule has 3 aromatic heterocycles. The smallest absolute Gasteiger partial charge is 0.290 e. The SMILES string of the molecule is Cc1nn(Cc2c(Cl)cccc2Cl)c(Cl)c1/C=N/NC(=O)c1c(C)nc2ccccn12. The van der Waals surface area contributed by atoms with Crippen LogP contribution in [0.4, 0.5) is 0 Å². The number of rotatable bonds is 5. The lowest BCUT2D eigenvalue weighted by Gasteiger charge is -2.08. The van der Waals surface area contributed by atoms with Crippen molar-refractivity contribution in [3.8, 4) is 0 Å². The van der Waals surface area contributed by atoms with Crippen molar-refractivity contribution in [1.82, 2.24) is 24.6 Å². The molecule has 1 aromatic carbocycles. The molecule has 0 unspecified atom stereocenters. The van der Waals surface area contributed by atoms with E-state index in [2.05, 4.69) is 20.6 Å². The number of nitrogens with zero attached hydrogens (tertiary/aromatic N) is 5. The highest BCUT2D eigenvalue weighted by atomic mass is 35.5. The number of carbonyl (C=O) groups excluding carboxylic acids is 1. The highest BCUT2D eigenvalue weighted by molar-refractivity contribution is 6.36. The summed E-state index contributed by atoms with van der Waals surface area (Å²) >= 11 is 19.0. The first-order valence-electron chi connectivity index (χ1n) is 9.29. The van der Waals surface area contributed by atoms with Crippen molar-refractivity contribution in [2.24, 2.45) is 5.10 Å². The molecule has 7 nitrogen and oxygen atoms in total. The summed E-state index contributed by atoms with van der Waals surface area (Å²) in [4.78, 5) is 17.0. The summed E-state index contributed by atoms with van der Waals surface area (Å²) in [6.45, 7) is 3.88. The maximum Gasteiger partial charge on any atom is 0.290 e. The van der Waals surface area contributed by atoms with Gasteiger partial charge in [-0.1, -0.05) is 46.9 Å². The van der Waals surface area contributed by atoms with Gasteiger partial charge in [0.1, 0.15) is 16.5 Å². The molecule has 0 aliphatic rings. The van der Waals surface area contributed by atoms with E-state index in [4.69, 9.17) is 34.8 Å². The van der Waals surface area contributed by atoms with Gasteiger partial charge in [0.05, 0.1) is 29.7 Å². The van der Waals surface area contributed by atoms with Crippen LogP contribution in [0.1, 0.15) is 33.0 Å². The standard InChI is InChI=1S/C21H17Cl3N6O/c1-12-14(20(24)30(28-12)11-15-16(22)6-5-7-17(15)23)10-25-27-21(31)19-13(2)26-18-8-3-4-9-29(18)19/h3-10H,11H2,1-2H3,(H,27,31)/b25-10+. The van der Waals surface area contributed by atoms with Crippen molar-refractivity contribution in [2.45, 2.75) is 20.4 Å². The Morgan fingerprint density at radius 2 is 1.84 bits per heavy atom.